The molecule has 0 saturated heterocycles. The van der Waals surface area contributed by atoms with Crippen molar-refractivity contribution in [3.05, 3.63) is 23.8 Å². The monoisotopic (exact) mass is 249 g/mol. The quantitative estimate of drug-likeness (QED) is 0.766. The van der Waals surface area contributed by atoms with Crippen molar-refractivity contribution in [3.8, 4) is 0 Å². The number of nitrogens with zero attached hydrogens (tertiary/aromatic N) is 1. The van der Waals surface area contributed by atoms with Crippen LogP contribution in [0.25, 0.3) is 0 Å². The van der Waals surface area contributed by atoms with Crippen molar-refractivity contribution in [1.29, 1.82) is 0 Å². The van der Waals surface area contributed by atoms with Gasteiger partial charge in [0.15, 0.2) is 0 Å². The molecule has 1 aromatic carbocycles. The molecular weight excluding hydrogens is 230 g/mol. The summed E-state index contributed by atoms with van der Waals surface area (Å²) in [7, 11) is 1.63. The number of hydrogen-bond donors (Lipinski definition) is 2. The molecule has 0 atom stereocenters. The summed E-state index contributed by atoms with van der Waals surface area (Å²) in [5, 5.41) is 0. The molecule has 5 nitrogen and oxygen atoms in total. The largest absolute Gasteiger partial charge is 0.399 e. The Morgan fingerprint density at radius 2 is 1.94 bits per heavy atom. The number of ether oxygens (including phenoxy) is 1. The number of nitrogens with two attached hydrogens (primary N) is 2. The summed E-state index contributed by atoms with van der Waals surface area (Å²) in [6.45, 7) is 1.15. The van der Waals surface area contributed by atoms with E-state index < -0.39 is 0 Å². The van der Waals surface area contributed by atoms with Crippen LogP contribution in [0.15, 0.2) is 18.2 Å². The first kappa shape index (κ1) is 12.7. The van der Waals surface area contributed by atoms with E-state index in [1.165, 1.54) is 0 Å². The van der Waals surface area contributed by atoms with E-state index in [4.69, 9.17) is 16.2 Å². The zero-order valence-corrected chi connectivity index (χ0v) is 10.6. The van der Waals surface area contributed by atoms with Crippen molar-refractivity contribution in [3.63, 3.8) is 0 Å². The van der Waals surface area contributed by atoms with Crippen molar-refractivity contribution in [2.45, 2.75) is 18.9 Å². The standard InChI is InChI=1S/C13H19N3O2/c1-18-5-4-16(12-2-3-12)13(17)9-6-10(14)8-11(15)7-9/h6-8,12H,2-5,14-15H2,1H3. The molecule has 5 heteroatoms. The molecule has 1 aliphatic carbocycles. The fourth-order valence-electron chi connectivity index (χ4n) is 1.99. The van der Waals surface area contributed by atoms with Crippen molar-refractivity contribution in [1.82, 2.24) is 4.90 Å². The molecular formula is C13H19N3O2. The lowest BCUT2D eigenvalue weighted by atomic mass is 10.1. The Balaban J connectivity index is 2.16. The molecule has 1 amide bonds. The van der Waals surface area contributed by atoms with Crippen LogP contribution in [0.3, 0.4) is 0 Å². The van der Waals surface area contributed by atoms with Gasteiger partial charge in [-0.05, 0) is 31.0 Å². The molecule has 0 bridgehead atoms. The highest BCUT2D eigenvalue weighted by Crippen LogP contribution is 2.28. The van der Waals surface area contributed by atoms with Crippen LogP contribution in [0.5, 0.6) is 0 Å². The Hall–Kier alpha value is -1.75. The first-order chi connectivity index (χ1) is 8.61. The van der Waals surface area contributed by atoms with Crippen LogP contribution in [0, 0.1) is 0 Å². The van der Waals surface area contributed by atoms with E-state index in [1.54, 1.807) is 25.3 Å². The molecule has 4 N–H and O–H groups in total. The lowest BCUT2D eigenvalue weighted by molar-refractivity contribution is 0.0680. The Kier molecular flexibility index (Phi) is 3.72. The highest BCUT2D eigenvalue weighted by Gasteiger charge is 2.32. The van der Waals surface area contributed by atoms with Crippen molar-refractivity contribution >= 4 is 17.3 Å². The van der Waals surface area contributed by atoms with Crippen molar-refractivity contribution in [2.24, 2.45) is 0 Å². The van der Waals surface area contributed by atoms with Crippen molar-refractivity contribution < 1.29 is 9.53 Å². The average molecular weight is 249 g/mol. The molecule has 0 aliphatic heterocycles. The van der Waals surface area contributed by atoms with Gasteiger partial charge in [0.25, 0.3) is 5.91 Å². The van der Waals surface area contributed by atoms with E-state index in [9.17, 15) is 4.79 Å². The van der Waals surface area contributed by atoms with Crippen LogP contribution < -0.4 is 11.5 Å². The minimum absolute atomic E-state index is 0.0199. The zero-order valence-electron chi connectivity index (χ0n) is 10.6. The van der Waals surface area contributed by atoms with Gasteiger partial charge in [0.2, 0.25) is 0 Å². The number of methoxy groups -OCH3 is 1. The number of hydrogen-bond acceptors (Lipinski definition) is 4. The molecule has 0 heterocycles. The third-order valence-electron chi connectivity index (χ3n) is 3.01. The summed E-state index contributed by atoms with van der Waals surface area (Å²) >= 11 is 0. The van der Waals surface area contributed by atoms with Crippen LogP contribution in [0.2, 0.25) is 0 Å². The third-order valence-corrected chi connectivity index (χ3v) is 3.01. The van der Waals surface area contributed by atoms with Crippen molar-refractivity contribution in [2.75, 3.05) is 31.7 Å². The van der Waals surface area contributed by atoms with Gasteiger partial charge < -0.3 is 21.1 Å². The van der Waals surface area contributed by atoms with E-state index >= 15 is 0 Å². The number of anilines is 2. The summed E-state index contributed by atoms with van der Waals surface area (Å²) in [6, 6.07) is 5.32. The number of nitrogen functional groups attached to an aromatic ring is 2. The highest BCUT2D eigenvalue weighted by atomic mass is 16.5. The first-order valence-electron chi connectivity index (χ1n) is 6.07. The number of carbonyl (C=O) groups excluding carboxylic acids is 1. The van der Waals surface area contributed by atoms with Crippen LogP contribution >= 0.6 is 0 Å². The Morgan fingerprint density at radius 1 is 1.33 bits per heavy atom. The molecule has 0 unspecified atom stereocenters. The maximum absolute atomic E-state index is 12.4. The highest BCUT2D eigenvalue weighted by molar-refractivity contribution is 5.96. The van der Waals surface area contributed by atoms with Crippen LogP contribution in [-0.4, -0.2) is 37.1 Å². The first-order valence-corrected chi connectivity index (χ1v) is 6.07. The number of carbonyl (C=O) groups is 1. The van der Waals surface area contributed by atoms with E-state index in [0.717, 1.165) is 12.8 Å². The fourth-order valence-corrected chi connectivity index (χ4v) is 1.99. The number of benzene rings is 1. The SMILES string of the molecule is COCCN(C(=O)c1cc(N)cc(N)c1)C1CC1. The van der Waals surface area contributed by atoms with E-state index in [1.807, 2.05) is 4.90 Å². The van der Waals surface area contributed by atoms with E-state index in [0.29, 0.717) is 36.1 Å². The van der Waals surface area contributed by atoms with Gasteiger partial charge in [0.1, 0.15) is 0 Å². The molecule has 18 heavy (non-hydrogen) atoms. The van der Waals surface area contributed by atoms with Crippen LogP contribution in [-0.2, 0) is 4.74 Å². The number of rotatable bonds is 5. The minimum Gasteiger partial charge on any atom is -0.399 e. The fraction of sp³-hybridized carbons (Fsp3) is 0.462. The Bertz CT molecular complexity index is 424. The summed E-state index contributed by atoms with van der Waals surface area (Å²) in [5.74, 6) is -0.0199. The summed E-state index contributed by atoms with van der Waals surface area (Å²) in [4.78, 5) is 14.2. The molecule has 1 fully saturated rings. The van der Waals surface area contributed by atoms with E-state index in [-0.39, 0.29) is 5.91 Å². The molecule has 1 aromatic rings. The lowest BCUT2D eigenvalue weighted by Gasteiger charge is -2.22. The third kappa shape index (κ3) is 2.92. The van der Waals surface area contributed by atoms with Gasteiger partial charge in [-0.2, -0.15) is 0 Å². The van der Waals surface area contributed by atoms with Gasteiger partial charge in [-0.15, -0.1) is 0 Å². The van der Waals surface area contributed by atoms with Gasteiger partial charge in [-0.1, -0.05) is 0 Å². The molecule has 0 radical (unpaired) electrons. The van der Waals surface area contributed by atoms with Gasteiger partial charge in [0.05, 0.1) is 6.61 Å². The topological polar surface area (TPSA) is 81.6 Å². The second-order valence-corrected chi connectivity index (χ2v) is 4.61. The summed E-state index contributed by atoms with van der Waals surface area (Å²) < 4.78 is 5.04. The Labute approximate surface area is 107 Å². The molecule has 2 rings (SSSR count). The lowest BCUT2D eigenvalue weighted by Crippen LogP contribution is -2.35. The van der Waals surface area contributed by atoms with Gasteiger partial charge in [0, 0.05) is 36.6 Å². The maximum Gasteiger partial charge on any atom is 0.254 e. The molecule has 1 aliphatic rings. The number of amides is 1. The predicted molar refractivity (Wildman–Crippen MR) is 71.2 cm³/mol. The van der Waals surface area contributed by atoms with Gasteiger partial charge in [-0.25, -0.2) is 0 Å². The zero-order chi connectivity index (χ0) is 13.1. The summed E-state index contributed by atoms with van der Waals surface area (Å²) in [5.41, 5.74) is 13.0. The van der Waals surface area contributed by atoms with Gasteiger partial charge >= 0.3 is 0 Å². The maximum atomic E-state index is 12.4. The smallest absolute Gasteiger partial charge is 0.254 e. The molecule has 0 aromatic heterocycles. The van der Waals surface area contributed by atoms with Crippen LogP contribution in [0.1, 0.15) is 23.2 Å². The molecule has 1 saturated carbocycles. The summed E-state index contributed by atoms with van der Waals surface area (Å²) in [6.07, 6.45) is 2.13. The average Bonchev–Trinajstić information content (AvgIpc) is 3.12. The molecule has 0 spiro atoms. The minimum atomic E-state index is -0.0199. The normalized spacial score (nSPS) is 14.5. The second-order valence-electron chi connectivity index (χ2n) is 4.61. The van der Waals surface area contributed by atoms with Crippen LogP contribution in [0.4, 0.5) is 11.4 Å². The van der Waals surface area contributed by atoms with E-state index in [2.05, 4.69) is 0 Å². The predicted octanol–water partition coefficient (Wildman–Crippen LogP) is 1.10. The van der Waals surface area contributed by atoms with Gasteiger partial charge in [-0.3, -0.25) is 4.79 Å². The second kappa shape index (κ2) is 5.27. The molecule has 98 valence electrons. The Morgan fingerprint density at radius 3 is 2.44 bits per heavy atom.